The highest BCUT2D eigenvalue weighted by Gasteiger charge is 2.33. The molecule has 0 bridgehead atoms. The van der Waals surface area contributed by atoms with Crippen molar-refractivity contribution in [1.29, 1.82) is 0 Å². The highest BCUT2D eigenvalue weighted by molar-refractivity contribution is 5.96. The molecular weight excluding hydrogens is 265 g/mol. The number of hydrogen-bond acceptors (Lipinski definition) is 2. The van der Waals surface area contributed by atoms with E-state index in [1.165, 1.54) is 44.6 Å². The zero-order valence-corrected chi connectivity index (χ0v) is 12.6. The first-order valence-corrected chi connectivity index (χ1v) is 8.27. The van der Waals surface area contributed by atoms with Crippen molar-refractivity contribution in [2.24, 2.45) is 5.92 Å². The number of likely N-dealkylation sites (tertiary alicyclic amines) is 1. The predicted octanol–water partition coefficient (Wildman–Crippen LogP) is 4.05. The maximum absolute atomic E-state index is 13.6. The zero-order valence-electron chi connectivity index (χ0n) is 12.6. The van der Waals surface area contributed by atoms with Gasteiger partial charge in [-0.3, -0.25) is 9.69 Å². The molecule has 2 nitrogen and oxygen atoms in total. The number of halogens is 1. The number of hydrogen-bond donors (Lipinski definition) is 0. The summed E-state index contributed by atoms with van der Waals surface area (Å²) in [6, 6.07) is 6.99. The molecule has 3 heteroatoms. The summed E-state index contributed by atoms with van der Waals surface area (Å²) in [5, 5.41) is 0. The summed E-state index contributed by atoms with van der Waals surface area (Å²) in [7, 11) is 0. The third-order valence-corrected chi connectivity index (χ3v) is 5.16. The predicted molar refractivity (Wildman–Crippen MR) is 81.9 cm³/mol. The van der Waals surface area contributed by atoms with Crippen LogP contribution >= 0.6 is 0 Å². The Hall–Kier alpha value is -1.22. The molecule has 1 aliphatic carbocycles. The van der Waals surface area contributed by atoms with Crippen molar-refractivity contribution in [1.82, 2.24) is 4.90 Å². The highest BCUT2D eigenvalue weighted by atomic mass is 19.1. The number of carbonyl (C=O) groups excluding carboxylic acids is 1. The van der Waals surface area contributed by atoms with Crippen molar-refractivity contribution in [3.8, 4) is 0 Å². The molecule has 0 aromatic heterocycles. The topological polar surface area (TPSA) is 20.3 Å². The molecule has 2 atom stereocenters. The third-order valence-electron chi connectivity index (χ3n) is 5.16. The van der Waals surface area contributed by atoms with E-state index in [1.807, 2.05) is 0 Å². The number of rotatable bonds is 4. The second kappa shape index (κ2) is 6.69. The Morgan fingerprint density at radius 1 is 1.14 bits per heavy atom. The van der Waals surface area contributed by atoms with Gasteiger partial charge in [0.1, 0.15) is 5.82 Å². The Morgan fingerprint density at radius 3 is 2.76 bits per heavy atom. The highest BCUT2D eigenvalue weighted by Crippen LogP contribution is 2.35. The molecule has 1 saturated heterocycles. The van der Waals surface area contributed by atoms with E-state index in [4.69, 9.17) is 0 Å². The molecule has 0 spiro atoms. The normalized spacial score (nSPS) is 26.3. The van der Waals surface area contributed by atoms with Crippen molar-refractivity contribution < 1.29 is 9.18 Å². The van der Waals surface area contributed by atoms with Crippen molar-refractivity contribution in [3.05, 3.63) is 35.6 Å². The van der Waals surface area contributed by atoms with Crippen LogP contribution in [0.4, 0.5) is 4.39 Å². The van der Waals surface area contributed by atoms with Crippen LogP contribution in [0.5, 0.6) is 0 Å². The summed E-state index contributed by atoms with van der Waals surface area (Å²) in [5.74, 6) is 0.374. The summed E-state index contributed by atoms with van der Waals surface area (Å²) in [4.78, 5) is 14.7. The minimum absolute atomic E-state index is 0.0639. The Morgan fingerprint density at radius 2 is 1.90 bits per heavy atom. The van der Waals surface area contributed by atoms with Gasteiger partial charge >= 0.3 is 0 Å². The first-order chi connectivity index (χ1) is 10.3. The lowest BCUT2D eigenvalue weighted by atomic mass is 9.78. The lowest BCUT2D eigenvalue weighted by molar-refractivity contribution is 0.0575. The fourth-order valence-corrected chi connectivity index (χ4v) is 4.07. The van der Waals surface area contributed by atoms with Crippen molar-refractivity contribution >= 4 is 5.78 Å². The number of fused-ring (bicyclic) bond motifs is 1. The Balaban J connectivity index is 1.59. The van der Waals surface area contributed by atoms with Gasteiger partial charge in [-0.25, -0.2) is 4.39 Å². The van der Waals surface area contributed by atoms with Crippen LogP contribution in [0.1, 0.15) is 55.3 Å². The second-order valence-electron chi connectivity index (χ2n) is 6.44. The molecule has 2 fully saturated rings. The molecule has 3 rings (SSSR count). The molecule has 1 aromatic carbocycles. The van der Waals surface area contributed by atoms with E-state index in [2.05, 4.69) is 4.90 Å². The lowest BCUT2D eigenvalue weighted by Gasteiger charge is -2.44. The Labute approximate surface area is 126 Å². The zero-order chi connectivity index (χ0) is 14.7. The van der Waals surface area contributed by atoms with Crippen LogP contribution in [-0.4, -0.2) is 29.8 Å². The molecule has 0 N–H and O–H groups in total. The fourth-order valence-electron chi connectivity index (χ4n) is 4.07. The van der Waals surface area contributed by atoms with Gasteiger partial charge in [-0.15, -0.1) is 0 Å². The van der Waals surface area contributed by atoms with E-state index in [0.29, 0.717) is 12.5 Å². The average Bonchev–Trinajstić information content (AvgIpc) is 2.53. The van der Waals surface area contributed by atoms with Gasteiger partial charge in [-0.1, -0.05) is 25.0 Å². The minimum Gasteiger partial charge on any atom is -0.300 e. The third kappa shape index (κ3) is 3.34. The van der Waals surface area contributed by atoms with Gasteiger partial charge in [0.2, 0.25) is 0 Å². The van der Waals surface area contributed by atoms with Crippen LogP contribution in [0.2, 0.25) is 0 Å². The van der Waals surface area contributed by atoms with E-state index in [0.717, 1.165) is 19.0 Å². The monoisotopic (exact) mass is 289 g/mol. The molecule has 0 amide bonds. The van der Waals surface area contributed by atoms with Crippen LogP contribution in [-0.2, 0) is 0 Å². The maximum Gasteiger partial charge on any atom is 0.167 e. The van der Waals surface area contributed by atoms with Crippen molar-refractivity contribution in [2.75, 3.05) is 13.1 Å². The number of carbonyl (C=O) groups is 1. The van der Waals surface area contributed by atoms with Crippen molar-refractivity contribution in [3.63, 3.8) is 0 Å². The van der Waals surface area contributed by atoms with E-state index < -0.39 is 5.82 Å². The van der Waals surface area contributed by atoms with Gasteiger partial charge in [-0.05, 0) is 50.3 Å². The quantitative estimate of drug-likeness (QED) is 0.779. The fraction of sp³-hybridized carbons (Fsp3) is 0.611. The molecule has 1 aromatic rings. The van der Waals surface area contributed by atoms with Crippen LogP contribution < -0.4 is 0 Å². The van der Waals surface area contributed by atoms with Gasteiger partial charge in [-0.2, -0.15) is 0 Å². The first-order valence-electron chi connectivity index (χ1n) is 8.27. The van der Waals surface area contributed by atoms with Crippen LogP contribution in [0.3, 0.4) is 0 Å². The van der Waals surface area contributed by atoms with E-state index >= 15 is 0 Å². The number of piperidine rings is 1. The van der Waals surface area contributed by atoms with Gasteiger partial charge in [0.15, 0.2) is 5.78 Å². The summed E-state index contributed by atoms with van der Waals surface area (Å²) in [6.07, 6.45) is 8.34. The van der Waals surface area contributed by atoms with Crippen molar-refractivity contribution in [2.45, 2.75) is 51.0 Å². The van der Waals surface area contributed by atoms with E-state index in [1.54, 1.807) is 18.2 Å². The standard InChI is InChI=1S/C18H24FNO/c19-16-9-3-2-8-15(16)18(21)11-13-20-12-5-7-14-6-1-4-10-17(14)20/h2-3,8-9,14,17H,1,4-7,10-13H2. The number of nitrogens with zero attached hydrogens (tertiary/aromatic N) is 1. The van der Waals surface area contributed by atoms with Gasteiger partial charge in [0.25, 0.3) is 0 Å². The Bertz CT molecular complexity index is 500. The van der Waals surface area contributed by atoms with E-state index in [-0.39, 0.29) is 11.3 Å². The molecule has 1 heterocycles. The molecule has 114 valence electrons. The van der Waals surface area contributed by atoms with Crippen LogP contribution in [0.25, 0.3) is 0 Å². The molecule has 2 aliphatic rings. The summed E-state index contributed by atoms with van der Waals surface area (Å²) >= 11 is 0. The lowest BCUT2D eigenvalue weighted by Crippen LogP contribution is -2.47. The van der Waals surface area contributed by atoms with E-state index in [9.17, 15) is 9.18 Å². The van der Waals surface area contributed by atoms with Crippen LogP contribution in [0.15, 0.2) is 24.3 Å². The molecule has 1 aliphatic heterocycles. The minimum atomic E-state index is -0.392. The van der Waals surface area contributed by atoms with Gasteiger partial charge in [0.05, 0.1) is 5.56 Å². The summed E-state index contributed by atoms with van der Waals surface area (Å²) in [6.45, 7) is 1.89. The summed E-state index contributed by atoms with van der Waals surface area (Å²) < 4.78 is 13.6. The average molecular weight is 289 g/mol. The smallest absolute Gasteiger partial charge is 0.167 e. The molecule has 0 radical (unpaired) electrons. The molecule has 2 unspecified atom stereocenters. The number of Topliss-reactive ketones (excluding diaryl/α,β-unsaturated/α-hetero) is 1. The Kier molecular flexibility index (Phi) is 4.69. The molecule has 21 heavy (non-hydrogen) atoms. The van der Waals surface area contributed by atoms with Crippen LogP contribution in [0, 0.1) is 11.7 Å². The maximum atomic E-state index is 13.6. The largest absolute Gasteiger partial charge is 0.300 e. The van der Waals surface area contributed by atoms with Gasteiger partial charge < -0.3 is 0 Å². The molecular formula is C18H24FNO. The first kappa shape index (κ1) is 14.7. The van der Waals surface area contributed by atoms with Gasteiger partial charge in [0, 0.05) is 19.0 Å². The number of benzene rings is 1. The number of ketones is 1. The second-order valence-corrected chi connectivity index (χ2v) is 6.44. The SMILES string of the molecule is O=C(CCN1CCCC2CCCCC21)c1ccccc1F. The summed E-state index contributed by atoms with van der Waals surface area (Å²) in [5.41, 5.74) is 0.245. The molecule has 1 saturated carbocycles.